The second-order valence-corrected chi connectivity index (χ2v) is 12.5. The number of aliphatic hydroxyl groups excluding tert-OH is 1. The maximum absolute atomic E-state index is 14.9. The van der Waals surface area contributed by atoms with Crippen molar-refractivity contribution in [2.75, 3.05) is 31.1 Å². The molecule has 0 aliphatic carbocycles. The van der Waals surface area contributed by atoms with Crippen LogP contribution in [0.1, 0.15) is 58.1 Å². The smallest absolute Gasteiger partial charge is 0.253 e. The minimum atomic E-state index is -1.17. The van der Waals surface area contributed by atoms with E-state index >= 15 is 0 Å². The van der Waals surface area contributed by atoms with Gasteiger partial charge in [0.05, 0.1) is 30.1 Å². The summed E-state index contributed by atoms with van der Waals surface area (Å²) < 4.78 is 6.85. The van der Waals surface area contributed by atoms with Gasteiger partial charge in [0.2, 0.25) is 11.8 Å². The first-order valence-electron chi connectivity index (χ1n) is 14.9. The summed E-state index contributed by atoms with van der Waals surface area (Å²) in [5, 5.41) is 10.5. The fourth-order valence-corrected chi connectivity index (χ4v) is 7.71. The van der Waals surface area contributed by atoms with Crippen molar-refractivity contribution in [1.82, 2.24) is 9.80 Å². The minimum Gasteiger partial charge on any atom is -0.394 e. The SMILES string of the molecule is C=CCN(CCC)C(=O)[C@H]1[C@H]2C(=O)N([C@@H](CO)C(C)C)C(C(=O)N(CC=C)c3c(C)cccc3C)C23CC[C@]1(C)O3. The highest BCUT2D eigenvalue weighted by Crippen LogP contribution is 2.64. The molecule has 2 unspecified atom stereocenters. The van der Waals surface area contributed by atoms with Crippen LogP contribution in [-0.4, -0.2) is 82.2 Å². The number of anilines is 1. The van der Waals surface area contributed by atoms with Crippen LogP contribution in [0.25, 0.3) is 0 Å². The number of hydrogen-bond donors (Lipinski definition) is 1. The van der Waals surface area contributed by atoms with Gasteiger partial charge in [-0.25, -0.2) is 0 Å². The molecule has 4 rings (SSSR count). The van der Waals surface area contributed by atoms with E-state index in [4.69, 9.17) is 4.74 Å². The number of nitrogens with zero attached hydrogens (tertiary/aromatic N) is 3. The number of benzene rings is 1. The second kappa shape index (κ2) is 11.7. The predicted molar refractivity (Wildman–Crippen MR) is 160 cm³/mol. The molecule has 0 radical (unpaired) electrons. The molecule has 3 aliphatic heterocycles. The van der Waals surface area contributed by atoms with Gasteiger partial charge in [-0.1, -0.05) is 51.1 Å². The average Bonchev–Trinajstić information content (AvgIpc) is 3.48. The van der Waals surface area contributed by atoms with E-state index in [1.165, 1.54) is 0 Å². The van der Waals surface area contributed by atoms with Crippen LogP contribution >= 0.6 is 0 Å². The largest absolute Gasteiger partial charge is 0.394 e. The molecule has 3 amide bonds. The van der Waals surface area contributed by atoms with E-state index in [-0.39, 0.29) is 36.8 Å². The number of aryl methyl sites for hydroxylation is 2. The highest BCUT2D eigenvalue weighted by molar-refractivity contribution is 6.06. The molecule has 2 bridgehead atoms. The topological polar surface area (TPSA) is 90.4 Å². The normalized spacial score (nSPS) is 29.0. The fraction of sp³-hybridized carbons (Fsp3) is 0.606. The summed E-state index contributed by atoms with van der Waals surface area (Å²) >= 11 is 0. The molecule has 3 saturated heterocycles. The molecule has 1 spiro atoms. The summed E-state index contributed by atoms with van der Waals surface area (Å²) in [5.74, 6) is -2.36. The van der Waals surface area contributed by atoms with Gasteiger partial charge in [0, 0.05) is 25.3 Å². The number of aliphatic hydroxyl groups is 1. The Morgan fingerprint density at radius 2 is 1.78 bits per heavy atom. The lowest BCUT2D eigenvalue weighted by Gasteiger charge is -2.41. The quantitative estimate of drug-likeness (QED) is 0.387. The lowest BCUT2D eigenvalue weighted by molar-refractivity contribution is -0.152. The number of para-hydroxylation sites is 1. The van der Waals surface area contributed by atoms with E-state index in [1.807, 2.05) is 59.7 Å². The van der Waals surface area contributed by atoms with Gasteiger partial charge in [-0.15, -0.1) is 13.2 Å². The summed E-state index contributed by atoms with van der Waals surface area (Å²) in [6, 6.07) is 4.28. The van der Waals surface area contributed by atoms with Crippen molar-refractivity contribution < 1.29 is 24.2 Å². The molecule has 0 saturated carbocycles. The summed E-state index contributed by atoms with van der Waals surface area (Å²) in [4.78, 5) is 48.7. The number of carbonyl (C=O) groups is 3. The Bertz CT molecular complexity index is 1190. The summed E-state index contributed by atoms with van der Waals surface area (Å²) in [5.41, 5.74) is 0.603. The van der Waals surface area contributed by atoms with Crippen molar-refractivity contribution in [2.45, 2.75) is 84.1 Å². The maximum atomic E-state index is 14.9. The van der Waals surface area contributed by atoms with Crippen molar-refractivity contribution in [3.05, 3.63) is 54.6 Å². The third-order valence-electron chi connectivity index (χ3n) is 9.47. The molecule has 8 heteroatoms. The molecule has 1 N–H and O–H groups in total. The Hall–Kier alpha value is -2.97. The Morgan fingerprint density at radius 3 is 2.32 bits per heavy atom. The van der Waals surface area contributed by atoms with Gasteiger partial charge in [-0.2, -0.15) is 0 Å². The Kier molecular flexibility index (Phi) is 8.86. The molecule has 3 fully saturated rings. The lowest BCUT2D eigenvalue weighted by Crippen LogP contribution is -2.60. The molecule has 3 aliphatic rings. The Balaban J connectivity index is 1.89. The van der Waals surface area contributed by atoms with Gasteiger partial charge < -0.3 is 24.5 Å². The number of amides is 3. The van der Waals surface area contributed by atoms with Crippen molar-refractivity contribution in [1.29, 1.82) is 0 Å². The summed E-state index contributed by atoms with van der Waals surface area (Å²) in [6.07, 6.45) is 5.20. The number of rotatable bonds is 12. The van der Waals surface area contributed by atoms with Crippen LogP contribution in [0.2, 0.25) is 0 Å². The first kappa shape index (κ1) is 31.0. The van der Waals surface area contributed by atoms with Gasteiger partial charge >= 0.3 is 0 Å². The van der Waals surface area contributed by atoms with Gasteiger partial charge in [0.1, 0.15) is 11.6 Å². The fourth-order valence-electron chi connectivity index (χ4n) is 7.71. The van der Waals surface area contributed by atoms with Crippen LogP contribution in [0.5, 0.6) is 0 Å². The zero-order chi connectivity index (χ0) is 30.3. The molecule has 1 aromatic carbocycles. The number of ether oxygens (including phenoxy) is 1. The Morgan fingerprint density at radius 1 is 1.15 bits per heavy atom. The first-order valence-corrected chi connectivity index (χ1v) is 14.9. The Labute approximate surface area is 245 Å². The number of hydrogen-bond acceptors (Lipinski definition) is 5. The highest BCUT2D eigenvalue weighted by atomic mass is 16.5. The standard InChI is InChI=1S/C33H47N3O5/c1-9-17-34(18-10-2)29(38)25-26-30(39)36(24(20-37)21(4)5)28(33(26)16-15-32(25,8)41-33)31(40)35(19-11-3)27-22(6)13-12-14-23(27)7/h9,11-14,21,24-26,28,37H,1,3,10,15-20H2,2,4-8H3/t24-,25+,26-,28?,32-,33?/m0/s1. The monoisotopic (exact) mass is 565 g/mol. The van der Waals surface area contributed by atoms with Crippen LogP contribution in [-0.2, 0) is 19.1 Å². The van der Waals surface area contributed by atoms with E-state index in [0.29, 0.717) is 25.9 Å². The van der Waals surface area contributed by atoms with Gasteiger partial charge in [-0.3, -0.25) is 14.4 Å². The van der Waals surface area contributed by atoms with E-state index in [0.717, 1.165) is 23.2 Å². The molecule has 8 nitrogen and oxygen atoms in total. The highest BCUT2D eigenvalue weighted by Gasteiger charge is 2.79. The maximum Gasteiger partial charge on any atom is 0.253 e. The number of fused-ring (bicyclic) bond motifs is 1. The zero-order valence-electron chi connectivity index (χ0n) is 25.6. The van der Waals surface area contributed by atoms with Crippen molar-refractivity contribution in [2.24, 2.45) is 17.8 Å². The first-order chi connectivity index (χ1) is 19.4. The minimum absolute atomic E-state index is 0.123. The lowest BCUT2D eigenvalue weighted by atomic mass is 9.66. The van der Waals surface area contributed by atoms with Gasteiger partial charge in [0.15, 0.2) is 0 Å². The van der Waals surface area contributed by atoms with Crippen molar-refractivity contribution >= 4 is 23.4 Å². The van der Waals surface area contributed by atoms with E-state index in [1.54, 1.807) is 26.9 Å². The van der Waals surface area contributed by atoms with E-state index in [9.17, 15) is 19.5 Å². The number of likely N-dealkylation sites (tertiary alicyclic amines) is 1. The molecular formula is C33H47N3O5. The predicted octanol–water partition coefficient (Wildman–Crippen LogP) is 4.03. The van der Waals surface area contributed by atoms with Crippen LogP contribution in [0, 0.1) is 31.6 Å². The average molecular weight is 566 g/mol. The molecular weight excluding hydrogens is 518 g/mol. The van der Waals surface area contributed by atoms with Crippen molar-refractivity contribution in [3.63, 3.8) is 0 Å². The van der Waals surface area contributed by atoms with E-state index in [2.05, 4.69) is 13.2 Å². The van der Waals surface area contributed by atoms with Crippen molar-refractivity contribution in [3.8, 4) is 0 Å². The molecule has 1 aromatic rings. The van der Waals surface area contributed by atoms with Gasteiger partial charge in [-0.05, 0) is 57.1 Å². The van der Waals surface area contributed by atoms with Crippen LogP contribution in [0.3, 0.4) is 0 Å². The number of carbonyl (C=O) groups excluding carboxylic acids is 3. The molecule has 224 valence electrons. The summed E-state index contributed by atoms with van der Waals surface area (Å²) in [7, 11) is 0. The van der Waals surface area contributed by atoms with Crippen LogP contribution in [0.4, 0.5) is 5.69 Å². The van der Waals surface area contributed by atoms with E-state index < -0.39 is 35.1 Å². The molecule has 3 heterocycles. The second-order valence-electron chi connectivity index (χ2n) is 12.5. The molecule has 0 aromatic heterocycles. The molecule has 41 heavy (non-hydrogen) atoms. The third kappa shape index (κ3) is 4.83. The molecule has 6 atom stereocenters. The van der Waals surface area contributed by atoms with Crippen LogP contribution in [0.15, 0.2) is 43.5 Å². The third-order valence-corrected chi connectivity index (χ3v) is 9.47. The zero-order valence-corrected chi connectivity index (χ0v) is 25.6. The van der Waals surface area contributed by atoms with Gasteiger partial charge in [0.25, 0.3) is 5.91 Å². The summed E-state index contributed by atoms with van der Waals surface area (Å²) in [6.45, 7) is 20.3. The van der Waals surface area contributed by atoms with Crippen LogP contribution < -0.4 is 4.90 Å².